The van der Waals surface area contributed by atoms with Crippen LogP contribution in [0.3, 0.4) is 0 Å². The summed E-state index contributed by atoms with van der Waals surface area (Å²) < 4.78 is 33.4. The van der Waals surface area contributed by atoms with E-state index in [1.54, 1.807) is 16.4 Å². The van der Waals surface area contributed by atoms with Crippen molar-refractivity contribution in [3.63, 3.8) is 0 Å². The average Bonchev–Trinajstić information content (AvgIpc) is 3.08. The predicted octanol–water partition coefficient (Wildman–Crippen LogP) is 2.41. The molecule has 3 heterocycles. The third-order valence-corrected chi connectivity index (χ3v) is 9.05. The van der Waals surface area contributed by atoms with Gasteiger partial charge < -0.3 is 9.64 Å². The third-order valence-electron chi connectivity index (χ3n) is 5.06. The molecule has 0 radical (unpaired) electrons. The minimum Gasteiger partial charge on any atom is -0.378 e. The molecular weight excluding hydrogens is 428 g/mol. The fourth-order valence-electron chi connectivity index (χ4n) is 3.45. The van der Waals surface area contributed by atoms with Gasteiger partial charge in [0.1, 0.15) is 4.21 Å². The Labute approximate surface area is 161 Å². The smallest absolute Gasteiger partial charge is 0.252 e. The Kier molecular flexibility index (Phi) is 6.20. The number of halogens is 1. The standard InChI is InChI=1S/C16H23BrN2O4S2/c1-12(16(20)18-8-10-23-11-9-18)13-4-6-19(7-5-13)25(21,22)15-3-2-14(17)24-15/h2-3,12-13H,4-11H2,1H3/t12-/m0/s1. The monoisotopic (exact) mass is 450 g/mol. The Morgan fingerprint density at radius 1 is 1.24 bits per heavy atom. The van der Waals surface area contributed by atoms with Crippen LogP contribution in [0.1, 0.15) is 19.8 Å². The van der Waals surface area contributed by atoms with E-state index in [9.17, 15) is 13.2 Å². The molecular formula is C16H23BrN2O4S2. The normalized spacial score (nSPS) is 22.1. The van der Waals surface area contributed by atoms with E-state index in [1.807, 2.05) is 11.8 Å². The first-order chi connectivity index (χ1) is 11.9. The molecule has 1 aromatic rings. The summed E-state index contributed by atoms with van der Waals surface area (Å²) in [5, 5.41) is 0. The number of hydrogen-bond acceptors (Lipinski definition) is 5. The summed E-state index contributed by atoms with van der Waals surface area (Å²) in [6, 6.07) is 3.40. The van der Waals surface area contributed by atoms with Gasteiger partial charge in [-0.15, -0.1) is 11.3 Å². The minimum absolute atomic E-state index is 0.0705. The second-order valence-electron chi connectivity index (χ2n) is 6.53. The van der Waals surface area contributed by atoms with Gasteiger partial charge in [0.05, 0.1) is 17.0 Å². The number of amides is 1. The molecule has 25 heavy (non-hydrogen) atoms. The van der Waals surface area contributed by atoms with E-state index in [0.717, 1.165) is 16.6 Å². The summed E-state index contributed by atoms with van der Waals surface area (Å²) in [5.74, 6) is 0.336. The molecule has 1 amide bonds. The van der Waals surface area contributed by atoms with Gasteiger partial charge in [0.2, 0.25) is 5.91 Å². The molecule has 6 nitrogen and oxygen atoms in total. The number of carbonyl (C=O) groups is 1. The van der Waals surface area contributed by atoms with Crippen molar-refractivity contribution in [2.45, 2.75) is 24.0 Å². The number of hydrogen-bond donors (Lipinski definition) is 0. The van der Waals surface area contributed by atoms with Crippen LogP contribution in [0.2, 0.25) is 0 Å². The van der Waals surface area contributed by atoms with E-state index in [-0.39, 0.29) is 17.7 Å². The molecule has 0 unspecified atom stereocenters. The number of sulfonamides is 1. The van der Waals surface area contributed by atoms with Gasteiger partial charge in [-0.25, -0.2) is 8.42 Å². The maximum absolute atomic E-state index is 12.7. The molecule has 0 N–H and O–H groups in total. The van der Waals surface area contributed by atoms with Crippen LogP contribution in [0, 0.1) is 11.8 Å². The van der Waals surface area contributed by atoms with Gasteiger partial charge in [-0.05, 0) is 46.8 Å². The first kappa shape index (κ1) is 19.3. The molecule has 2 fully saturated rings. The Bertz CT molecular complexity index is 707. The molecule has 1 aromatic heterocycles. The number of morpholine rings is 1. The van der Waals surface area contributed by atoms with Crippen LogP contribution >= 0.6 is 27.3 Å². The first-order valence-corrected chi connectivity index (χ1v) is 11.6. The number of thiophene rings is 1. The van der Waals surface area contributed by atoms with Crippen molar-refractivity contribution >= 4 is 43.2 Å². The zero-order valence-corrected chi connectivity index (χ0v) is 17.4. The van der Waals surface area contributed by atoms with Crippen LogP contribution in [-0.2, 0) is 19.6 Å². The lowest BCUT2D eigenvalue weighted by molar-refractivity contribution is -0.141. The maximum Gasteiger partial charge on any atom is 0.252 e. The van der Waals surface area contributed by atoms with Crippen LogP contribution in [-0.4, -0.2) is 62.9 Å². The van der Waals surface area contributed by atoms with Crippen LogP contribution in [0.5, 0.6) is 0 Å². The van der Waals surface area contributed by atoms with Gasteiger partial charge in [-0.2, -0.15) is 4.31 Å². The Morgan fingerprint density at radius 3 is 2.44 bits per heavy atom. The molecule has 2 aliphatic heterocycles. The highest BCUT2D eigenvalue weighted by Crippen LogP contribution is 2.33. The first-order valence-electron chi connectivity index (χ1n) is 8.51. The summed E-state index contributed by atoms with van der Waals surface area (Å²) >= 11 is 4.55. The quantitative estimate of drug-likeness (QED) is 0.705. The lowest BCUT2D eigenvalue weighted by Crippen LogP contribution is -2.47. The van der Waals surface area contributed by atoms with Crippen LogP contribution < -0.4 is 0 Å². The SMILES string of the molecule is C[C@H](C(=O)N1CCOCC1)C1CCN(S(=O)(=O)c2ccc(Br)s2)CC1. The number of carbonyl (C=O) groups excluding carboxylic acids is 1. The molecule has 2 aliphatic rings. The fourth-order valence-corrected chi connectivity index (χ4v) is 7.09. The predicted molar refractivity (Wildman–Crippen MR) is 100 cm³/mol. The number of rotatable bonds is 4. The Morgan fingerprint density at radius 2 is 1.88 bits per heavy atom. The maximum atomic E-state index is 12.7. The molecule has 140 valence electrons. The second kappa shape index (κ2) is 8.04. The number of ether oxygens (including phenoxy) is 1. The third kappa shape index (κ3) is 4.27. The molecule has 0 aromatic carbocycles. The van der Waals surface area contributed by atoms with E-state index in [4.69, 9.17) is 4.74 Å². The van der Waals surface area contributed by atoms with Gasteiger partial charge in [0.25, 0.3) is 10.0 Å². The molecule has 0 bridgehead atoms. The lowest BCUT2D eigenvalue weighted by atomic mass is 9.85. The minimum atomic E-state index is -3.42. The number of piperidine rings is 1. The van der Waals surface area contributed by atoms with E-state index >= 15 is 0 Å². The highest BCUT2D eigenvalue weighted by molar-refractivity contribution is 9.11. The van der Waals surface area contributed by atoms with Crippen molar-refractivity contribution in [2.24, 2.45) is 11.8 Å². The molecule has 2 saturated heterocycles. The zero-order valence-electron chi connectivity index (χ0n) is 14.2. The molecule has 3 rings (SSSR count). The van der Waals surface area contributed by atoms with Crippen molar-refractivity contribution in [2.75, 3.05) is 39.4 Å². The van der Waals surface area contributed by atoms with Crippen molar-refractivity contribution in [3.05, 3.63) is 15.9 Å². The van der Waals surface area contributed by atoms with Gasteiger partial charge in [0, 0.05) is 32.1 Å². The molecule has 0 spiro atoms. The average molecular weight is 451 g/mol. The van der Waals surface area contributed by atoms with Crippen molar-refractivity contribution in [1.29, 1.82) is 0 Å². The lowest BCUT2D eigenvalue weighted by Gasteiger charge is -2.36. The molecule has 1 atom stereocenters. The van der Waals surface area contributed by atoms with Crippen LogP contribution in [0.4, 0.5) is 0 Å². The van der Waals surface area contributed by atoms with Crippen LogP contribution in [0.25, 0.3) is 0 Å². The van der Waals surface area contributed by atoms with Crippen LogP contribution in [0.15, 0.2) is 20.1 Å². The molecule has 0 aliphatic carbocycles. The van der Waals surface area contributed by atoms with Gasteiger partial charge in [-0.3, -0.25) is 4.79 Å². The van der Waals surface area contributed by atoms with E-state index < -0.39 is 10.0 Å². The Hall–Kier alpha value is -0.480. The second-order valence-corrected chi connectivity index (χ2v) is 11.2. The van der Waals surface area contributed by atoms with Gasteiger partial charge in [0.15, 0.2) is 0 Å². The Balaban J connectivity index is 1.58. The van der Waals surface area contributed by atoms with E-state index in [0.29, 0.717) is 43.6 Å². The summed E-state index contributed by atoms with van der Waals surface area (Å²) in [6.45, 7) is 5.44. The molecule has 9 heteroatoms. The van der Waals surface area contributed by atoms with Crippen molar-refractivity contribution in [1.82, 2.24) is 9.21 Å². The summed E-state index contributed by atoms with van der Waals surface area (Å²) in [5.41, 5.74) is 0. The summed E-state index contributed by atoms with van der Waals surface area (Å²) in [7, 11) is -3.42. The highest BCUT2D eigenvalue weighted by Gasteiger charge is 2.35. The van der Waals surface area contributed by atoms with E-state index in [2.05, 4.69) is 15.9 Å². The molecule has 0 saturated carbocycles. The van der Waals surface area contributed by atoms with Gasteiger partial charge in [-0.1, -0.05) is 6.92 Å². The highest BCUT2D eigenvalue weighted by atomic mass is 79.9. The topological polar surface area (TPSA) is 66.9 Å². The fraction of sp³-hybridized carbons (Fsp3) is 0.688. The summed E-state index contributed by atoms with van der Waals surface area (Å²) in [6.07, 6.45) is 1.45. The van der Waals surface area contributed by atoms with Crippen molar-refractivity contribution in [3.8, 4) is 0 Å². The van der Waals surface area contributed by atoms with Crippen molar-refractivity contribution < 1.29 is 17.9 Å². The zero-order chi connectivity index (χ0) is 18.0. The largest absolute Gasteiger partial charge is 0.378 e. The number of nitrogens with zero attached hydrogens (tertiary/aromatic N) is 2. The van der Waals surface area contributed by atoms with E-state index in [1.165, 1.54) is 11.3 Å². The van der Waals surface area contributed by atoms with Gasteiger partial charge >= 0.3 is 0 Å². The summed E-state index contributed by atoms with van der Waals surface area (Å²) in [4.78, 5) is 14.5.